The summed E-state index contributed by atoms with van der Waals surface area (Å²) in [5.41, 5.74) is 15.3. The van der Waals surface area contributed by atoms with Gasteiger partial charge in [-0.3, -0.25) is 0 Å². The van der Waals surface area contributed by atoms with Gasteiger partial charge in [0.05, 0.1) is 22.7 Å². The number of rotatable bonds is 5. The molecule has 40 heavy (non-hydrogen) atoms. The molecule has 2 N–H and O–H groups in total. The zero-order valence-electron chi connectivity index (χ0n) is 22.0. The van der Waals surface area contributed by atoms with E-state index in [1.165, 1.54) is 43.8 Å². The minimum Gasteiger partial charge on any atom is -0.397 e. The van der Waals surface area contributed by atoms with Gasteiger partial charge in [-0.2, -0.15) is 0 Å². The zero-order chi connectivity index (χ0) is 26.9. The molecule has 0 amide bonds. The summed E-state index contributed by atoms with van der Waals surface area (Å²) in [7, 11) is 0. The second kappa shape index (κ2) is 10.1. The number of nitrogen functional groups attached to an aromatic ring is 1. The van der Waals surface area contributed by atoms with E-state index in [1.807, 2.05) is 12.1 Å². The summed E-state index contributed by atoms with van der Waals surface area (Å²) < 4.78 is 0. The maximum absolute atomic E-state index is 6.74. The number of anilines is 4. The average molecular weight is 513 g/mol. The van der Waals surface area contributed by atoms with E-state index in [0.29, 0.717) is 0 Å². The van der Waals surface area contributed by atoms with Crippen molar-refractivity contribution in [3.8, 4) is 22.3 Å². The molecule has 2 nitrogen and oxygen atoms in total. The first-order chi connectivity index (χ1) is 19.8. The Bertz CT molecular complexity index is 1830. The van der Waals surface area contributed by atoms with E-state index in [1.54, 1.807) is 0 Å². The zero-order valence-corrected chi connectivity index (χ0v) is 22.0. The molecule has 0 unspecified atom stereocenters. The summed E-state index contributed by atoms with van der Waals surface area (Å²) in [6.07, 6.45) is 0. The van der Waals surface area contributed by atoms with E-state index >= 15 is 0 Å². The molecule has 0 spiro atoms. The van der Waals surface area contributed by atoms with Gasteiger partial charge in [0.25, 0.3) is 0 Å². The second-order valence-corrected chi connectivity index (χ2v) is 9.99. The van der Waals surface area contributed by atoms with Crippen molar-refractivity contribution in [2.24, 2.45) is 0 Å². The van der Waals surface area contributed by atoms with Crippen LogP contribution in [0.4, 0.5) is 22.7 Å². The average Bonchev–Trinajstić information content (AvgIpc) is 3.02. The lowest BCUT2D eigenvalue weighted by Crippen LogP contribution is -2.13. The fourth-order valence-electron chi connectivity index (χ4n) is 5.81. The number of nitrogens with zero attached hydrogens (tertiary/aromatic N) is 1. The Kier molecular flexibility index (Phi) is 5.99. The van der Waals surface area contributed by atoms with Crippen LogP contribution in [-0.4, -0.2) is 0 Å². The lowest BCUT2D eigenvalue weighted by atomic mass is 9.94. The molecule has 7 aromatic carbocycles. The highest BCUT2D eigenvalue weighted by atomic mass is 15.2. The molecular formula is C38H28N2. The number of fused-ring (bicyclic) bond motifs is 2. The first-order valence-corrected chi connectivity index (χ1v) is 13.6. The lowest BCUT2D eigenvalue weighted by molar-refractivity contribution is 1.31. The molecule has 2 heteroatoms. The van der Waals surface area contributed by atoms with Gasteiger partial charge < -0.3 is 10.6 Å². The summed E-state index contributed by atoms with van der Waals surface area (Å²) in [4.78, 5) is 2.35. The molecular weight excluding hydrogens is 484 g/mol. The van der Waals surface area contributed by atoms with Crippen LogP contribution >= 0.6 is 0 Å². The topological polar surface area (TPSA) is 29.3 Å². The van der Waals surface area contributed by atoms with Crippen molar-refractivity contribution in [1.82, 2.24) is 0 Å². The van der Waals surface area contributed by atoms with E-state index in [-0.39, 0.29) is 0 Å². The van der Waals surface area contributed by atoms with Crippen LogP contribution in [0.25, 0.3) is 43.8 Å². The second-order valence-electron chi connectivity index (χ2n) is 9.99. The van der Waals surface area contributed by atoms with E-state index in [0.717, 1.165) is 22.7 Å². The molecule has 7 rings (SSSR count). The predicted octanol–water partition coefficient (Wildman–Crippen LogP) is 10.4. The summed E-state index contributed by atoms with van der Waals surface area (Å²) in [5, 5.41) is 4.74. The summed E-state index contributed by atoms with van der Waals surface area (Å²) in [6.45, 7) is 0. The van der Waals surface area contributed by atoms with Crippen molar-refractivity contribution in [1.29, 1.82) is 0 Å². The van der Waals surface area contributed by atoms with Crippen molar-refractivity contribution in [3.05, 3.63) is 158 Å². The van der Waals surface area contributed by atoms with Gasteiger partial charge in [-0.25, -0.2) is 0 Å². The third-order valence-electron chi connectivity index (χ3n) is 7.59. The first kappa shape index (κ1) is 23.8. The number of nitrogens with two attached hydrogens (primary N) is 1. The molecule has 0 heterocycles. The molecule has 0 aliphatic rings. The smallest absolute Gasteiger partial charge is 0.0691 e. The van der Waals surface area contributed by atoms with Crippen molar-refractivity contribution < 1.29 is 0 Å². The van der Waals surface area contributed by atoms with Crippen LogP contribution < -0.4 is 10.6 Å². The van der Waals surface area contributed by atoms with Crippen molar-refractivity contribution in [3.63, 3.8) is 0 Å². The van der Waals surface area contributed by atoms with E-state index in [2.05, 4.69) is 150 Å². The van der Waals surface area contributed by atoms with Crippen LogP contribution in [-0.2, 0) is 0 Å². The minimum atomic E-state index is 0.728. The minimum absolute atomic E-state index is 0.728. The normalized spacial score (nSPS) is 11.1. The number of benzene rings is 7. The van der Waals surface area contributed by atoms with Gasteiger partial charge in [0, 0.05) is 10.8 Å². The van der Waals surface area contributed by atoms with E-state index < -0.39 is 0 Å². The fraction of sp³-hybridized carbons (Fsp3) is 0. The highest BCUT2D eigenvalue weighted by molar-refractivity contribution is 6.13. The molecule has 0 fully saturated rings. The lowest BCUT2D eigenvalue weighted by Gasteiger charge is -2.30. The van der Waals surface area contributed by atoms with Crippen molar-refractivity contribution in [2.75, 3.05) is 10.6 Å². The van der Waals surface area contributed by atoms with E-state index in [9.17, 15) is 0 Å². The summed E-state index contributed by atoms with van der Waals surface area (Å²) >= 11 is 0. The van der Waals surface area contributed by atoms with Crippen LogP contribution in [0, 0.1) is 0 Å². The maximum Gasteiger partial charge on any atom is 0.0691 e. The highest BCUT2D eigenvalue weighted by Gasteiger charge is 2.22. The predicted molar refractivity (Wildman–Crippen MR) is 171 cm³/mol. The number of hydrogen-bond acceptors (Lipinski definition) is 2. The third kappa shape index (κ3) is 4.07. The fourth-order valence-corrected chi connectivity index (χ4v) is 5.81. The number of para-hydroxylation sites is 2. The Morgan fingerprint density at radius 3 is 1.23 bits per heavy atom. The molecule has 7 aromatic rings. The van der Waals surface area contributed by atoms with Crippen LogP contribution in [0.3, 0.4) is 0 Å². The molecule has 0 bridgehead atoms. The Labute approximate surface area is 234 Å². The van der Waals surface area contributed by atoms with E-state index in [4.69, 9.17) is 5.73 Å². The van der Waals surface area contributed by atoms with Crippen LogP contribution in [0.15, 0.2) is 158 Å². The molecule has 0 aliphatic heterocycles. The van der Waals surface area contributed by atoms with Gasteiger partial charge in [-0.05, 0) is 57.3 Å². The Balaban J connectivity index is 1.60. The largest absolute Gasteiger partial charge is 0.397 e. The van der Waals surface area contributed by atoms with Gasteiger partial charge in [-0.1, -0.05) is 133 Å². The van der Waals surface area contributed by atoms with Crippen LogP contribution in [0.2, 0.25) is 0 Å². The summed E-state index contributed by atoms with van der Waals surface area (Å²) in [5.74, 6) is 0. The SMILES string of the molecule is Nc1ccccc1N(c1cccc2cccc(-c3ccccc3)c12)c1cccc2cccc(-c3ccccc3)c12. The van der Waals surface area contributed by atoms with Crippen LogP contribution in [0.1, 0.15) is 0 Å². The first-order valence-electron chi connectivity index (χ1n) is 13.6. The van der Waals surface area contributed by atoms with Gasteiger partial charge in [-0.15, -0.1) is 0 Å². The molecule has 0 saturated heterocycles. The molecule has 0 aromatic heterocycles. The van der Waals surface area contributed by atoms with Crippen molar-refractivity contribution in [2.45, 2.75) is 0 Å². The van der Waals surface area contributed by atoms with Gasteiger partial charge in [0.15, 0.2) is 0 Å². The monoisotopic (exact) mass is 512 g/mol. The molecule has 0 atom stereocenters. The van der Waals surface area contributed by atoms with Gasteiger partial charge >= 0.3 is 0 Å². The summed E-state index contributed by atoms with van der Waals surface area (Å²) in [6, 6.07) is 55.6. The molecule has 0 radical (unpaired) electrons. The van der Waals surface area contributed by atoms with Crippen LogP contribution in [0.5, 0.6) is 0 Å². The van der Waals surface area contributed by atoms with Gasteiger partial charge in [0.1, 0.15) is 0 Å². The quantitative estimate of drug-likeness (QED) is 0.232. The molecule has 190 valence electrons. The molecule has 0 aliphatic carbocycles. The Morgan fingerprint density at radius 1 is 0.350 bits per heavy atom. The Morgan fingerprint density at radius 2 is 0.750 bits per heavy atom. The Hall–Kier alpha value is -5.34. The van der Waals surface area contributed by atoms with Crippen molar-refractivity contribution >= 4 is 44.3 Å². The van der Waals surface area contributed by atoms with Gasteiger partial charge in [0.2, 0.25) is 0 Å². The molecule has 0 saturated carbocycles. The highest BCUT2D eigenvalue weighted by Crippen LogP contribution is 2.47. The maximum atomic E-state index is 6.74. The number of hydrogen-bond donors (Lipinski definition) is 1. The third-order valence-corrected chi connectivity index (χ3v) is 7.59. The standard InChI is InChI=1S/C38H28N2/c39-33-23-7-8-24-34(33)40(35-25-11-19-29-17-9-21-31(37(29)35)27-13-3-1-4-14-27)36-26-12-20-30-18-10-22-32(38(30)36)28-15-5-2-6-16-28/h1-26H,39H2.